The highest BCUT2D eigenvalue weighted by Crippen LogP contribution is 2.46. The van der Waals surface area contributed by atoms with Crippen LogP contribution in [0.3, 0.4) is 0 Å². The molecule has 0 aromatic heterocycles. The average Bonchev–Trinajstić information content (AvgIpc) is 3.18. The van der Waals surface area contributed by atoms with Gasteiger partial charge in [0.25, 0.3) is 0 Å². The van der Waals surface area contributed by atoms with Gasteiger partial charge in [-0.3, -0.25) is 4.79 Å². The molecule has 0 aliphatic heterocycles. The number of hydrogen-bond acceptors (Lipinski definition) is 7. The zero-order valence-electron chi connectivity index (χ0n) is 21.3. The Balaban J connectivity index is 1.40. The van der Waals surface area contributed by atoms with Crippen LogP contribution in [0.4, 0.5) is 0 Å². The SMILES string of the molecule is C=COC(=O)CCCOc1ccc2c(c1)C(C)c1cc(C(=O)Oc3ccc(OC(=O)C(=C)C)cc3)ccc1-2. The second kappa shape index (κ2) is 11.6. The zero-order valence-corrected chi connectivity index (χ0v) is 21.3. The second-order valence-electron chi connectivity index (χ2n) is 8.91. The third kappa shape index (κ3) is 6.00. The number of fused-ring (bicyclic) bond motifs is 3. The fourth-order valence-electron chi connectivity index (χ4n) is 4.19. The summed E-state index contributed by atoms with van der Waals surface area (Å²) in [4.78, 5) is 35.9. The molecule has 1 aliphatic carbocycles. The highest BCUT2D eigenvalue weighted by molar-refractivity contribution is 5.93. The first kappa shape index (κ1) is 26.4. The first-order valence-electron chi connectivity index (χ1n) is 12.2. The molecule has 0 spiro atoms. The van der Waals surface area contributed by atoms with Crippen LogP contribution in [-0.4, -0.2) is 24.5 Å². The molecule has 0 saturated carbocycles. The number of ether oxygens (including phenoxy) is 4. The van der Waals surface area contributed by atoms with Crippen molar-refractivity contribution in [3.63, 3.8) is 0 Å². The van der Waals surface area contributed by atoms with Gasteiger partial charge < -0.3 is 18.9 Å². The maximum absolute atomic E-state index is 12.9. The van der Waals surface area contributed by atoms with Crippen LogP contribution in [0.5, 0.6) is 17.2 Å². The number of rotatable bonds is 10. The van der Waals surface area contributed by atoms with Crippen LogP contribution >= 0.6 is 0 Å². The van der Waals surface area contributed by atoms with Crippen molar-refractivity contribution < 1.29 is 33.3 Å². The van der Waals surface area contributed by atoms with Crippen molar-refractivity contribution in [2.45, 2.75) is 32.6 Å². The Morgan fingerprint density at radius 3 is 2.13 bits per heavy atom. The minimum absolute atomic E-state index is 0.0566. The molecule has 0 amide bonds. The van der Waals surface area contributed by atoms with Crippen LogP contribution in [0.1, 0.15) is 54.1 Å². The highest BCUT2D eigenvalue weighted by atomic mass is 16.5. The first-order valence-corrected chi connectivity index (χ1v) is 12.2. The molecule has 0 N–H and O–H groups in total. The van der Waals surface area contributed by atoms with E-state index in [-0.39, 0.29) is 18.3 Å². The van der Waals surface area contributed by atoms with E-state index < -0.39 is 11.9 Å². The standard InChI is InChI=1S/C31H28O7/c1-5-35-29(32)7-6-16-36-24-13-15-26-25-14-8-21(17-27(25)20(4)28(26)18-24)31(34)38-23-11-9-22(10-12-23)37-30(33)19(2)3/h5,8-15,17-18,20H,1-2,6-7,16H2,3-4H3. The lowest BCUT2D eigenvalue weighted by Gasteiger charge is -2.11. The van der Waals surface area contributed by atoms with Gasteiger partial charge in [-0.25, -0.2) is 9.59 Å². The van der Waals surface area contributed by atoms with E-state index in [1.807, 2.05) is 30.3 Å². The quantitative estimate of drug-likeness (QED) is 0.103. The molecule has 3 aromatic carbocycles. The van der Waals surface area contributed by atoms with Gasteiger partial charge in [0, 0.05) is 17.9 Å². The fraction of sp³-hybridized carbons (Fsp3) is 0.194. The largest absolute Gasteiger partial charge is 0.494 e. The summed E-state index contributed by atoms with van der Waals surface area (Å²) in [5, 5.41) is 0. The van der Waals surface area contributed by atoms with Crippen molar-refractivity contribution in [2.24, 2.45) is 0 Å². The lowest BCUT2D eigenvalue weighted by atomic mass is 9.98. The van der Waals surface area contributed by atoms with Crippen LogP contribution in [0.15, 0.2) is 85.7 Å². The molecular formula is C31H28O7. The Morgan fingerprint density at radius 1 is 0.868 bits per heavy atom. The molecule has 0 bridgehead atoms. The normalized spacial score (nSPS) is 13.1. The fourth-order valence-corrected chi connectivity index (χ4v) is 4.19. The molecule has 0 saturated heterocycles. The topological polar surface area (TPSA) is 88.1 Å². The van der Waals surface area contributed by atoms with E-state index in [4.69, 9.17) is 18.9 Å². The van der Waals surface area contributed by atoms with E-state index >= 15 is 0 Å². The van der Waals surface area contributed by atoms with Gasteiger partial charge in [-0.1, -0.05) is 32.2 Å². The maximum Gasteiger partial charge on any atom is 0.343 e. The molecule has 1 aliphatic rings. The Hall–Kier alpha value is -4.65. The van der Waals surface area contributed by atoms with Gasteiger partial charge >= 0.3 is 17.9 Å². The molecule has 3 aromatic rings. The number of hydrogen-bond donors (Lipinski definition) is 0. The van der Waals surface area contributed by atoms with Gasteiger partial charge in [0.05, 0.1) is 18.4 Å². The van der Waals surface area contributed by atoms with E-state index in [9.17, 15) is 14.4 Å². The van der Waals surface area contributed by atoms with Crippen molar-refractivity contribution in [1.82, 2.24) is 0 Å². The molecule has 1 atom stereocenters. The highest BCUT2D eigenvalue weighted by Gasteiger charge is 2.27. The third-order valence-electron chi connectivity index (χ3n) is 6.14. The second-order valence-corrected chi connectivity index (χ2v) is 8.91. The minimum Gasteiger partial charge on any atom is -0.494 e. The summed E-state index contributed by atoms with van der Waals surface area (Å²) in [7, 11) is 0. The van der Waals surface area contributed by atoms with Crippen molar-refractivity contribution in [3.05, 3.63) is 102 Å². The van der Waals surface area contributed by atoms with Crippen LogP contribution < -0.4 is 14.2 Å². The van der Waals surface area contributed by atoms with Crippen LogP contribution in [0, 0.1) is 0 Å². The van der Waals surface area contributed by atoms with Crippen LogP contribution in [0.25, 0.3) is 11.1 Å². The molecule has 0 heterocycles. The van der Waals surface area contributed by atoms with E-state index in [0.29, 0.717) is 35.7 Å². The molecule has 194 valence electrons. The van der Waals surface area contributed by atoms with Crippen LogP contribution in [-0.2, 0) is 14.3 Å². The van der Waals surface area contributed by atoms with Gasteiger partial charge in [0.2, 0.25) is 0 Å². The summed E-state index contributed by atoms with van der Waals surface area (Å²) in [5.41, 5.74) is 5.01. The molecule has 0 fully saturated rings. The summed E-state index contributed by atoms with van der Waals surface area (Å²) >= 11 is 0. The summed E-state index contributed by atoms with van der Waals surface area (Å²) in [5.74, 6) is 0.104. The number of benzene rings is 3. The molecule has 0 radical (unpaired) electrons. The average molecular weight is 513 g/mol. The van der Waals surface area contributed by atoms with Crippen molar-refractivity contribution in [1.29, 1.82) is 0 Å². The van der Waals surface area contributed by atoms with Gasteiger partial charge in [0.1, 0.15) is 17.2 Å². The predicted octanol–water partition coefficient (Wildman–Crippen LogP) is 6.37. The first-order chi connectivity index (χ1) is 18.3. The van der Waals surface area contributed by atoms with E-state index in [0.717, 1.165) is 34.3 Å². The van der Waals surface area contributed by atoms with E-state index in [1.165, 1.54) is 0 Å². The molecule has 4 rings (SSSR count). The minimum atomic E-state index is -0.521. The third-order valence-corrected chi connectivity index (χ3v) is 6.14. The lowest BCUT2D eigenvalue weighted by molar-refractivity contribution is -0.138. The number of carbonyl (C=O) groups is 3. The number of esters is 3. The summed E-state index contributed by atoms with van der Waals surface area (Å²) in [6.45, 7) is 11.0. The summed E-state index contributed by atoms with van der Waals surface area (Å²) in [6.07, 6.45) is 1.91. The van der Waals surface area contributed by atoms with Crippen molar-refractivity contribution in [3.8, 4) is 28.4 Å². The van der Waals surface area contributed by atoms with E-state index in [2.05, 4.69) is 20.1 Å². The molecule has 7 nitrogen and oxygen atoms in total. The summed E-state index contributed by atoms with van der Waals surface area (Å²) < 4.78 is 21.2. The smallest absolute Gasteiger partial charge is 0.343 e. The Labute approximate surface area is 221 Å². The summed E-state index contributed by atoms with van der Waals surface area (Å²) in [6, 6.07) is 17.7. The Kier molecular flexibility index (Phi) is 8.06. The van der Waals surface area contributed by atoms with Crippen LogP contribution in [0.2, 0.25) is 0 Å². The van der Waals surface area contributed by atoms with Gasteiger partial charge in [-0.2, -0.15) is 0 Å². The monoisotopic (exact) mass is 512 g/mol. The van der Waals surface area contributed by atoms with Crippen molar-refractivity contribution in [2.75, 3.05) is 6.61 Å². The molecule has 1 unspecified atom stereocenters. The number of carbonyl (C=O) groups excluding carboxylic acids is 3. The lowest BCUT2D eigenvalue weighted by Crippen LogP contribution is -2.10. The van der Waals surface area contributed by atoms with E-state index in [1.54, 1.807) is 37.3 Å². The van der Waals surface area contributed by atoms with Gasteiger partial charge in [-0.15, -0.1) is 0 Å². The Bertz CT molecular complexity index is 1400. The van der Waals surface area contributed by atoms with Gasteiger partial charge in [0.15, 0.2) is 0 Å². The maximum atomic E-state index is 12.9. The zero-order chi connectivity index (χ0) is 27.2. The predicted molar refractivity (Wildman–Crippen MR) is 142 cm³/mol. The molecule has 7 heteroatoms. The molecular weight excluding hydrogens is 484 g/mol. The van der Waals surface area contributed by atoms with Gasteiger partial charge in [-0.05, 0) is 84.1 Å². The Morgan fingerprint density at radius 2 is 1.47 bits per heavy atom. The van der Waals surface area contributed by atoms with Crippen molar-refractivity contribution >= 4 is 17.9 Å². The molecule has 38 heavy (non-hydrogen) atoms.